The van der Waals surface area contributed by atoms with Crippen LogP contribution in [0.3, 0.4) is 0 Å². The molecule has 4 rings (SSSR count). The second-order valence-electron chi connectivity index (χ2n) is 8.14. The Balaban J connectivity index is 1.37. The highest BCUT2D eigenvalue weighted by Gasteiger charge is 2.51. The van der Waals surface area contributed by atoms with Crippen molar-refractivity contribution in [3.8, 4) is 0 Å². The number of nitrogens with zero attached hydrogens (tertiary/aromatic N) is 4. The van der Waals surface area contributed by atoms with Gasteiger partial charge in [0.1, 0.15) is 16.7 Å². The van der Waals surface area contributed by atoms with Gasteiger partial charge in [-0.15, -0.1) is 11.3 Å². The summed E-state index contributed by atoms with van der Waals surface area (Å²) < 4.78 is 6.24. The molecule has 3 fully saturated rings. The minimum atomic E-state index is -0.114. The first-order valence-electron chi connectivity index (χ1n) is 9.17. The van der Waals surface area contributed by atoms with Gasteiger partial charge in [0.2, 0.25) is 5.91 Å². The Kier molecular flexibility index (Phi) is 4.60. The molecule has 138 valence electrons. The normalized spacial score (nSPS) is 26.6. The van der Waals surface area contributed by atoms with E-state index in [1.165, 1.54) is 17.8 Å². The Morgan fingerprint density at radius 3 is 2.76 bits per heavy atom. The molecular weight excluding hydrogens is 336 g/mol. The van der Waals surface area contributed by atoms with Crippen LogP contribution in [0.5, 0.6) is 0 Å². The number of morpholine rings is 1. The third-order valence-corrected chi connectivity index (χ3v) is 6.40. The van der Waals surface area contributed by atoms with Crippen molar-refractivity contribution < 1.29 is 9.53 Å². The average Bonchev–Trinajstić information content (AvgIpc) is 3.25. The SMILES string of the molecule is Cc1csc(CN2CC3(C2)CN(CC2CC2)[C@@H](C(=O)N(C)C)CO3)n1. The van der Waals surface area contributed by atoms with E-state index in [1.807, 2.05) is 21.0 Å². The number of aryl methyl sites for hydroxylation is 1. The number of amides is 1. The maximum atomic E-state index is 12.5. The fourth-order valence-corrected chi connectivity index (χ4v) is 4.79. The minimum Gasteiger partial charge on any atom is -0.369 e. The van der Waals surface area contributed by atoms with Gasteiger partial charge in [0, 0.05) is 51.3 Å². The van der Waals surface area contributed by atoms with Crippen molar-refractivity contribution in [1.29, 1.82) is 0 Å². The van der Waals surface area contributed by atoms with E-state index in [0.717, 1.165) is 44.3 Å². The van der Waals surface area contributed by atoms with Crippen LogP contribution in [0.25, 0.3) is 0 Å². The van der Waals surface area contributed by atoms with E-state index >= 15 is 0 Å². The summed E-state index contributed by atoms with van der Waals surface area (Å²) in [7, 11) is 3.67. The molecule has 3 aliphatic rings. The lowest BCUT2D eigenvalue weighted by molar-refractivity contribution is -0.205. The van der Waals surface area contributed by atoms with E-state index in [0.29, 0.717) is 6.61 Å². The summed E-state index contributed by atoms with van der Waals surface area (Å²) in [5.74, 6) is 0.951. The van der Waals surface area contributed by atoms with Crippen molar-refractivity contribution in [2.24, 2.45) is 5.92 Å². The molecule has 1 atom stereocenters. The summed E-state index contributed by atoms with van der Waals surface area (Å²) in [5.41, 5.74) is 1.01. The van der Waals surface area contributed by atoms with Crippen LogP contribution >= 0.6 is 11.3 Å². The predicted octanol–water partition coefficient (Wildman–Crippen LogP) is 1.20. The van der Waals surface area contributed by atoms with Crippen molar-refractivity contribution in [2.45, 2.75) is 38.0 Å². The number of rotatable bonds is 5. The molecule has 0 unspecified atom stereocenters. The Morgan fingerprint density at radius 1 is 1.40 bits per heavy atom. The van der Waals surface area contributed by atoms with Gasteiger partial charge < -0.3 is 9.64 Å². The van der Waals surface area contributed by atoms with Gasteiger partial charge in [-0.3, -0.25) is 14.6 Å². The van der Waals surface area contributed by atoms with Crippen LogP contribution in [0.4, 0.5) is 0 Å². The highest BCUT2D eigenvalue weighted by molar-refractivity contribution is 7.09. The summed E-state index contributed by atoms with van der Waals surface area (Å²) in [6, 6.07) is -0.114. The Morgan fingerprint density at radius 2 is 2.16 bits per heavy atom. The Labute approximate surface area is 153 Å². The van der Waals surface area contributed by atoms with Gasteiger partial charge in [0.05, 0.1) is 13.2 Å². The smallest absolute Gasteiger partial charge is 0.241 e. The summed E-state index contributed by atoms with van der Waals surface area (Å²) in [4.78, 5) is 23.6. The molecular formula is C18H28N4O2S. The molecule has 1 aromatic rings. The number of carbonyl (C=O) groups excluding carboxylic acids is 1. The molecule has 1 saturated carbocycles. The van der Waals surface area contributed by atoms with Crippen LogP contribution in [-0.4, -0.2) is 84.1 Å². The molecule has 0 aromatic carbocycles. The van der Waals surface area contributed by atoms with E-state index in [-0.39, 0.29) is 17.6 Å². The van der Waals surface area contributed by atoms with Crippen LogP contribution in [0.2, 0.25) is 0 Å². The van der Waals surface area contributed by atoms with Gasteiger partial charge in [-0.2, -0.15) is 0 Å². The van der Waals surface area contributed by atoms with E-state index in [1.54, 1.807) is 16.2 Å². The summed E-state index contributed by atoms with van der Waals surface area (Å²) >= 11 is 1.73. The monoisotopic (exact) mass is 364 g/mol. The predicted molar refractivity (Wildman–Crippen MR) is 97.6 cm³/mol. The topological polar surface area (TPSA) is 48.9 Å². The van der Waals surface area contributed by atoms with Crippen LogP contribution < -0.4 is 0 Å². The maximum Gasteiger partial charge on any atom is 0.241 e. The summed E-state index contributed by atoms with van der Waals surface area (Å²) in [6.07, 6.45) is 2.62. The van der Waals surface area contributed by atoms with Crippen molar-refractivity contribution >= 4 is 17.2 Å². The number of aromatic nitrogens is 1. The van der Waals surface area contributed by atoms with Gasteiger partial charge in [-0.25, -0.2) is 4.98 Å². The van der Waals surface area contributed by atoms with E-state index in [4.69, 9.17) is 4.74 Å². The summed E-state index contributed by atoms with van der Waals surface area (Å²) in [6.45, 7) is 7.27. The lowest BCUT2D eigenvalue weighted by Gasteiger charge is -2.55. The fraction of sp³-hybridized carbons (Fsp3) is 0.778. The maximum absolute atomic E-state index is 12.5. The molecule has 2 aliphatic heterocycles. The fourth-order valence-electron chi connectivity index (χ4n) is 3.97. The first-order valence-corrected chi connectivity index (χ1v) is 10.0. The number of carbonyl (C=O) groups is 1. The zero-order valence-corrected chi connectivity index (χ0v) is 16.2. The van der Waals surface area contributed by atoms with Gasteiger partial charge >= 0.3 is 0 Å². The van der Waals surface area contributed by atoms with Crippen molar-refractivity contribution in [3.05, 3.63) is 16.1 Å². The summed E-state index contributed by atoms with van der Waals surface area (Å²) in [5, 5.41) is 3.29. The average molecular weight is 365 g/mol. The zero-order valence-electron chi connectivity index (χ0n) is 15.4. The van der Waals surface area contributed by atoms with Crippen LogP contribution in [0.1, 0.15) is 23.5 Å². The third-order valence-electron chi connectivity index (χ3n) is 5.44. The van der Waals surface area contributed by atoms with Gasteiger partial charge in [-0.1, -0.05) is 0 Å². The zero-order chi connectivity index (χ0) is 17.6. The number of likely N-dealkylation sites (tertiary alicyclic amines) is 1. The quantitative estimate of drug-likeness (QED) is 0.786. The van der Waals surface area contributed by atoms with E-state index in [2.05, 4.69) is 20.2 Å². The van der Waals surface area contributed by atoms with Gasteiger partial charge in [0.25, 0.3) is 0 Å². The highest BCUT2D eigenvalue weighted by Crippen LogP contribution is 2.36. The van der Waals surface area contributed by atoms with E-state index in [9.17, 15) is 4.79 Å². The Bertz CT molecular complexity index is 637. The molecule has 7 heteroatoms. The second kappa shape index (κ2) is 6.61. The number of hydrogen-bond acceptors (Lipinski definition) is 6. The standard InChI is InChI=1S/C18H28N4O2S/c1-13-9-25-16(19-13)7-21-10-18(11-21)12-22(6-14-4-5-14)15(8-24-18)17(23)20(2)3/h9,14-15H,4-8,10-12H2,1-3H3/t15-/m1/s1. The van der Waals surface area contributed by atoms with Gasteiger partial charge in [0.15, 0.2) is 0 Å². The Hall–Kier alpha value is -1.02. The van der Waals surface area contributed by atoms with E-state index < -0.39 is 0 Å². The molecule has 1 aliphatic carbocycles. The first-order chi connectivity index (χ1) is 11.9. The van der Waals surface area contributed by atoms with Crippen LogP contribution in [-0.2, 0) is 16.1 Å². The molecule has 0 N–H and O–H groups in total. The highest BCUT2D eigenvalue weighted by atomic mass is 32.1. The lowest BCUT2D eigenvalue weighted by atomic mass is 9.90. The lowest BCUT2D eigenvalue weighted by Crippen LogP contribution is -2.72. The molecule has 2 saturated heterocycles. The molecule has 25 heavy (non-hydrogen) atoms. The number of hydrogen-bond donors (Lipinski definition) is 0. The number of ether oxygens (including phenoxy) is 1. The minimum absolute atomic E-state index is 0.0930. The first kappa shape index (κ1) is 17.4. The largest absolute Gasteiger partial charge is 0.369 e. The third kappa shape index (κ3) is 3.74. The number of likely N-dealkylation sites (N-methyl/N-ethyl adjacent to an activating group) is 1. The molecule has 6 nitrogen and oxygen atoms in total. The van der Waals surface area contributed by atoms with Crippen LogP contribution in [0.15, 0.2) is 5.38 Å². The molecule has 0 bridgehead atoms. The molecule has 1 amide bonds. The van der Waals surface area contributed by atoms with Crippen molar-refractivity contribution in [1.82, 2.24) is 19.7 Å². The van der Waals surface area contributed by atoms with Crippen molar-refractivity contribution in [2.75, 3.05) is 46.9 Å². The molecule has 0 radical (unpaired) electrons. The second-order valence-corrected chi connectivity index (χ2v) is 9.09. The van der Waals surface area contributed by atoms with Crippen LogP contribution in [0, 0.1) is 12.8 Å². The van der Waals surface area contributed by atoms with Gasteiger partial charge in [-0.05, 0) is 25.7 Å². The number of thiazole rings is 1. The molecule has 1 spiro atoms. The molecule has 3 heterocycles. The van der Waals surface area contributed by atoms with Crippen molar-refractivity contribution in [3.63, 3.8) is 0 Å². The molecule has 1 aromatic heterocycles.